The van der Waals surface area contributed by atoms with Crippen LogP contribution >= 0.6 is 22.9 Å². The predicted octanol–water partition coefficient (Wildman–Crippen LogP) is 5.94. The van der Waals surface area contributed by atoms with Crippen molar-refractivity contribution in [3.8, 4) is 21.8 Å². The molecule has 3 heterocycles. The molecule has 0 aliphatic carbocycles. The number of carbonyl (C=O) groups is 1. The van der Waals surface area contributed by atoms with Crippen molar-refractivity contribution in [2.45, 2.75) is 64.9 Å². The smallest absolute Gasteiger partial charge is 0.410 e. The summed E-state index contributed by atoms with van der Waals surface area (Å²) >= 11 is 8.29. The highest BCUT2D eigenvalue weighted by molar-refractivity contribution is 7.92. The van der Waals surface area contributed by atoms with Crippen LogP contribution < -0.4 is 10.5 Å². The van der Waals surface area contributed by atoms with Gasteiger partial charge in [0.15, 0.2) is 0 Å². The van der Waals surface area contributed by atoms with Gasteiger partial charge < -0.3 is 15.4 Å². The van der Waals surface area contributed by atoms with Crippen LogP contribution in [0.4, 0.5) is 16.4 Å². The highest BCUT2D eigenvalue weighted by atomic mass is 35.5. The Morgan fingerprint density at radius 2 is 1.93 bits per heavy atom. The average Bonchev–Trinajstić information content (AvgIpc) is 3.31. The summed E-state index contributed by atoms with van der Waals surface area (Å²) in [7, 11) is -3.55. The van der Waals surface area contributed by atoms with E-state index < -0.39 is 15.6 Å². The normalized spacial score (nSPS) is 15.6. The van der Waals surface area contributed by atoms with E-state index in [9.17, 15) is 13.2 Å². The van der Waals surface area contributed by atoms with Gasteiger partial charge in [0.1, 0.15) is 5.60 Å². The van der Waals surface area contributed by atoms with Gasteiger partial charge in [-0.25, -0.2) is 28.2 Å². The van der Waals surface area contributed by atoms with Crippen LogP contribution in [0.15, 0.2) is 30.5 Å². The Balaban J connectivity index is 1.73. The Labute approximate surface area is 244 Å². The number of anilines is 2. The van der Waals surface area contributed by atoms with Crippen molar-refractivity contribution in [2.24, 2.45) is 0 Å². The van der Waals surface area contributed by atoms with Gasteiger partial charge in [-0.2, -0.15) is 0 Å². The quantitative estimate of drug-likeness (QED) is 0.336. The first-order valence-electron chi connectivity index (χ1n) is 13.1. The molecule has 10 nitrogen and oxygen atoms in total. The molecule has 0 radical (unpaired) electrons. The molecule has 1 amide bonds. The molecule has 3 aromatic rings. The molecule has 40 heavy (non-hydrogen) atoms. The van der Waals surface area contributed by atoms with Crippen LogP contribution in [0.1, 0.15) is 58.9 Å². The maximum Gasteiger partial charge on any atom is 0.410 e. The molecule has 1 aliphatic heterocycles. The lowest BCUT2D eigenvalue weighted by Crippen LogP contribution is -2.45. The number of aromatic nitrogens is 3. The molecule has 0 atom stereocenters. The average molecular weight is 607 g/mol. The summed E-state index contributed by atoms with van der Waals surface area (Å²) in [5.74, 6) is 0.112. The van der Waals surface area contributed by atoms with E-state index in [-0.39, 0.29) is 33.9 Å². The fourth-order valence-electron chi connectivity index (χ4n) is 4.44. The Morgan fingerprint density at radius 3 is 2.55 bits per heavy atom. The van der Waals surface area contributed by atoms with Gasteiger partial charge in [0, 0.05) is 30.3 Å². The van der Waals surface area contributed by atoms with E-state index in [1.54, 1.807) is 42.3 Å². The molecule has 0 bridgehead atoms. The largest absolute Gasteiger partial charge is 0.444 e. The standard InChI is InChI=1S/C27H35ClN6O4S2/c1-6-16-40(36,37)33-18-9-7-8-17(20(18)28)21-22(19-10-13-30-24(29)31-19)39-23(32-21)27(5)11-14-34(15-12-27)25(35)38-26(2,3)4/h7-10,13,33H,6,11-12,14-16H2,1-5H3,(H2,29,30,31). The van der Waals surface area contributed by atoms with Gasteiger partial charge in [-0.05, 0) is 52.2 Å². The lowest BCUT2D eigenvalue weighted by atomic mass is 9.81. The van der Waals surface area contributed by atoms with Gasteiger partial charge in [0.2, 0.25) is 16.0 Å². The summed E-state index contributed by atoms with van der Waals surface area (Å²) in [6.45, 7) is 10.6. The summed E-state index contributed by atoms with van der Waals surface area (Å²) in [6, 6.07) is 6.93. The van der Waals surface area contributed by atoms with Crippen LogP contribution in [0.5, 0.6) is 0 Å². The van der Waals surface area contributed by atoms with E-state index >= 15 is 0 Å². The molecule has 3 N–H and O–H groups in total. The number of sulfonamides is 1. The number of hydrogen-bond acceptors (Lipinski definition) is 9. The fraction of sp³-hybridized carbons (Fsp3) is 0.481. The van der Waals surface area contributed by atoms with E-state index in [4.69, 9.17) is 27.1 Å². The summed E-state index contributed by atoms with van der Waals surface area (Å²) in [5.41, 5.74) is 7.06. The molecule has 1 aromatic carbocycles. The molecule has 2 aromatic heterocycles. The maximum atomic E-state index is 12.6. The van der Waals surface area contributed by atoms with Crippen LogP contribution in [0.3, 0.4) is 0 Å². The number of carbonyl (C=O) groups excluding carboxylic acids is 1. The number of nitrogens with zero attached hydrogens (tertiary/aromatic N) is 4. The third-order valence-corrected chi connectivity index (χ3v) is 9.83. The summed E-state index contributed by atoms with van der Waals surface area (Å²) in [5, 5.41) is 1.11. The van der Waals surface area contributed by atoms with Gasteiger partial charge in [-0.3, -0.25) is 4.72 Å². The minimum absolute atomic E-state index is 0.0153. The highest BCUT2D eigenvalue weighted by Crippen LogP contribution is 2.46. The monoisotopic (exact) mass is 606 g/mol. The second-order valence-electron chi connectivity index (χ2n) is 11.1. The molecule has 1 fully saturated rings. The minimum atomic E-state index is -3.55. The minimum Gasteiger partial charge on any atom is -0.444 e. The molecule has 1 aliphatic rings. The molecule has 0 saturated carbocycles. The van der Waals surface area contributed by atoms with Crippen LogP contribution in [-0.4, -0.2) is 58.8 Å². The first kappa shape index (κ1) is 30.0. The van der Waals surface area contributed by atoms with Crippen molar-refractivity contribution in [2.75, 3.05) is 29.3 Å². The zero-order valence-corrected chi connectivity index (χ0v) is 25.7. The number of benzene rings is 1. The van der Waals surface area contributed by atoms with Gasteiger partial charge in [0.05, 0.1) is 37.7 Å². The number of hydrogen-bond donors (Lipinski definition) is 2. The summed E-state index contributed by atoms with van der Waals surface area (Å²) in [6.07, 6.45) is 3.12. The zero-order chi connectivity index (χ0) is 29.3. The number of nitrogens with two attached hydrogens (primary N) is 1. The lowest BCUT2D eigenvalue weighted by molar-refractivity contribution is 0.0171. The van der Waals surface area contributed by atoms with E-state index in [0.29, 0.717) is 49.3 Å². The Kier molecular flexibility index (Phi) is 8.63. The molecule has 216 valence electrons. The van der Waals surface area contributed by atoms with E-state index in [2.05, 4.69) is 21.6 Å². The van der Waals surface area contributed by atoms with Crippen molar-refractivity contribution in [3.63, 3.8) is 0 Å². The molecule has 1 saturated heterocycles. The number of piperidine rings is 1. The Hall–Kier alpha value is -2.96. The molecule has 13 heteroatoms. The number of ether oxygens (including phenoxy) is 1. The van der Waals surface area contributed by atoms with Gasteiger partial charge >= 0.3 is 6.09 Å². The zero-order valence-electron chi connectivity index (χ0n) is 23.3. The second-order valence-corrected chi connectivity index (χ2v) is 14.3. The van der Waals surface area contributed by atoms with Crippen LogP contribution in [0, 0.1) is 0 Å². The van der Waals surface area contributed by atoms with Crippen LogP contribution in [0.25, 0.3) is 21.8 Å². The number of amides is 1. The fourth-order valence-corrected chi connectivity index (χ4v) is 7.15. The number of rotatable bonds is 7. The van der Waals surface area contributed by atoms with Crippen molar-refractivity contribution >= 4 is 50.7 Å². The van der Waals surface area contributed by atoms with Crippen molar-refractivity contribution in [1.29, 1.82) is 0 Å². The van der Waals surface area contributed by atoms with Crippen molar-refractivity contribution in [3.05, 3.63) is 40.5 Å². The molecular formula is C27H35ClN6O4S2. The third-order valence-electron chi connectivity index (χ3n) is 6.56. The first-order valence-corrected chi connectivity index (χ1v) is 15.9. The number of halogens is 1. The Morgan fingerprint density at radius 1 is 1.23 bits per heavy atom. The number of thiazole rings is 1. The van der Waals surface area contributed by atoms with E-state index in [1.165, 1.54) is 11.3 Å². The number of nitrogens with one attached hydrogen (secondary N) is 1. The van der Waals surface area contributed by atoms with Crippen LogP contribution in [0.2, 0.25) is 5.02 Å². The Bertz CT molecular complexity index is 1490. The summed E-state index contributed by atoms with van der Waals surface area (Å²) < 4.78 is 33.1. The van der Waals surface area contributed by atoms with Gasteiger partial charge in [0.25, 0.3) is 0 Å². The molecule has 0 spiro atoms. The lowest BCUT2D eigenvalue weighted by Gasteiger charge is -2.38. The molecule has 4 rings (SSSR count). The third kappa shape index (κ3) is 6.84. The van der Waals surface area contributed by atoms with Gasteiger partial charge in [-0.1, -0.05) is 37.6 Å². The molecule has 0 unspecified atom stereocenters. The first-order chi connectivity index (χ1) is 18.7. The SMILES string of the molecule is CCCS(=O)(=O)Nc1cccc(-c2nc(C3(C)CCN(C(=O)OC(C)(C)C)CC3)sc2-c2ccnc(N)n2)c1Cl. The van der Waals surface area contributed by atoms with Crippen LogP contribution in [-0.2, 0) is 20.2 Å². The van der Waals surface area contributed by atoms with Crippen molar-refractivity contribution < 1.29 is 17.9 Å². The topological polar surface area (TPSA) is 140 Å². The van der Waals surface area contributed by atoms with E-state index in [1.807, 2.05) is 20.8 Å². The highest BCUT2D eigenvalue weighted by Gasteiger charge is 2.38. The maximum absolute atomic E-state index is 12.6. The van der Waals surface area contributed by atoms with E-state index in [0.717, 1.165) is 9.88 Å². The molecular weight excluding hydrogens is 572 g/mol. The number of nitrogen functional groups attached to an aromatic ring is 1. The summed E-state index contributed by atoms with van der Waals surface area (Å²) in [4.78, 5) is 28.6. The van der Waals surface area contributed by atoms with Crippen molar-refractivity contribution in [1.82, 2.24) is 19.9 Å². The predicted molar refractivity (Wildman–Crippen MR) is 160 cm³/mol. The second kappa shape index (κ2) is 11.5. The number of likely N-dealkylation sites (tertiary alicyclic amines) is 1. The van der Waals surface area contributed by atoms with Gasteiger partial charge in [-0.15, -0.1) is 11.3 Å².